The summed E-state index contributed by atoms with van der Waals surface area (Å²) in [5.74, 6) is 0.821. The van der Waals surface area contributed by atoms with Crippen molar-refractivity contribution in [1.29, 1.82) is 0 Å². The molecule has 0 bridgehead atoms. The molecule has 0 amide bonds. The number of benzene rings is 1. The Labute approximate surface area is 130 Å². The van der Waals surface area contributed by atoms with E-state index >= 15 is 0 Å². The second-order valence-electron chi connectivity index (χ2n) is 7.74. The zero-order chi connectivity index (χ0) is 15.5. The lowest BCUT2D eigenvalue weighted by Gasteiger charge is -2.54. The van der Waals surface area contributed by atoms with E-state index in [1.165, 1.54) is 24.0 Å². The van der Waals surface area contributed by atoms with Crippen LogP contribution in [-0.2, 0) is 10.2 Å². The fourth-order valence-electron chi connectivity index (χ4n) is 3.63. The number of hydrogen-bond acceptors (Lipinski definition) is 2. The molecule has 0 saturated heterocycles. The summed E-state index contributed by atoms with van der Waals surface area (Å²) in [4.78, 5) is 0. The maximum atomic E-state index is 5.15. The van der Waals surface area contributed by atoms with E-state index in [4.69, 9.17) is 4.74 Å². The third kappa shape index (κ3) is 3.67. The van der Waals surface area contributed by atoms with E-state index in [1.807, 2.05) is 0 Å². The van der Waals surface area contributed by atoms with Gasteiger partial charge in [-0.25, -0.2) is 0 Å². The van der Waals surface area contributed by atoms with Gasteiger partial charge in [0, 0.05) is 25.6 Å². The van der Waals surface area contributed by atoms with Gasteiger partial charge in [-0.1, -0.05) is 45.0 Å². The van der Waals surface area contributed by atoms with Crippen molar-refractivity contribution in [2.24, 2.45) is 11.3 Å². The Morgan fingerprint density at radius 1 is 1.24 bits per heavy atom. The van der Waals surface area contributed by atoms with Gasteiger partial charge in [0.05, 0.1) is 6.61 Å². The second-order valence-corrected chi connectivity index (χ2v) is 7.74. The molecule has 0 spiro atoms. The van der Waals surface area contributed by atoms with Gasteiger partial charge in [-0.2, -0.15) is 0 Å². The molecule has 2 heteroatoms. The predicted octanol–water partition coefficient (Wildman–Crippen LogP) is 3.92. The highest BCUT2D eigenvalue weighted by Gasteiger charge is 2.49. The normalized spacial score (nSPS) is 25.7. The summed E-state index contributed by atoms with van der Waals surface area (Å²) in [6.45, 7) is 12.1. The van der Waals surface area contributed by atoms with E-state index in [2.05, 4.69) is 57.3 Å². The molecule has 0 radical (unpaired) electrons. The molecule has 1 fully saturated rings. The molecule has 1 aromatic carbocycles. The average molecular weight is 289 g/mol. The molecule has 1 aliphatic carbocycles. The van der Waals surface area contributed by atoms with E-state index in [9.17, 15) is 0 Å². The monoisotopic (exact) mass is 289 g/mol. The third-order valence-electron chi connectivity index (χ3n) is 5.16. The summed E-state index contributed by atoms with van der Waals surface area (Å²) >= 11 is 0. The zero-order valence-corrected chi connectivity index (χ0v) is 14.3. The molecule has 2 rings (SSSR count). The number of methoxy groups -OCH3 is 1. The molecular formula is C19H31NO. The standard InChI is InChI=1S/C19H31NO/c1-15-8-6-7-9-17(15)19(14-20-10-11-21-5)12-16(13-19)18(2,3)4/h6-9,16,20H,10-14H2,1-5H3. The lowest BCUT2D eigenvalue weighted by Crippen LogP contribution is -2.52. The van der Waals surface area contributed by atoms with Crippen molar-refractivity contribution in [3.8, 4) is 0 Å². The Hall–Kier alpha value is -0.860. The van der Waals surface area contributed by atoms with Crippen LogP contribution in [0.5, 0.6) is 0 Å². The summed E-state index contributed by atoms with van der Waals surface area (Å²) in [6, 6.07) is 8.90. The quantitative estimate of drug-likeness (QED) is 0.801. The van der Waals surface area contributed by atoms with Crippen molar-refractivity contribution in [1.82, 2.24) is 5.32 Å². The molecule has 118 valence electrons. The van der Waals surface area contributed by atoms with Crippen molar-refractivity contribution in [2.75, 3.05) is 26.8 Å². The molecule has 0 heterocycles. The van der Waals surface area contributed by atoms with Crippen LogP contribution in [0.1, 0.15) is 44.7 Å². The van der Waals surface area contributed by atoms with Crippen LogP contribution in [0.2, 0.25) is 0 Å². The molecule has 2 nitrogen and oxygen atoms in total. The van der Waals surface area contributed by atoms with E-state index in [0.29, 0.717) is 10.8 Å². The minimum Gasteiger partial charge on any atom is -0.383 e. The molecule has 0 aliphatic heterocycles. The molecule has 1 aliphatic rings. The lowest BCUT2D eigenvalue weighted by atomic mass is 9.52. The number of nitrogens with one attached hydrogen (secondary N) is 1. The summed E-state index contributed by atoms with van der Waals surface area (Å²) < 4.78 is 5.15. The fraction of sp³-hybridized carbons (Fsp3) is 0.684. The summed E-state index contributed by atoms with van der Waals surface area (Å²) in [6.07, 6.45) is 2.59. The average Bonchev–Trinajstić information content (AvgIpc) is 2.36. The topological polar surface area (TPSA) is 21.3 Å². The first-order valence-corrected chi connectivity index (χ1v) is 8.15. The van der Waals surface area contributed by atoms with Crippen LogP contribution in [0.25, 0.3) is 0 Å². The first kappa shape index (κ1) is 16.5. The summed E-state index contributed by atoms with van der Waals surface area (Å²) in [5.41, 5.74) is 3.70. The molecule has 0 atom stereocenters. The second kappa shape index (κ2) is 6.50. The van der Waals surface area contributed by atoms with Gasteiger partial charge in [0.2, 0.25) is 0 Å². The smallest absolute Gasteiger partial charge is 0.0587 e. The highest BCUT2D eigenvalue weighted by molar-refractivity contribution is 5.36. The van der Waals surface area contributed by atoms with Crippen molar-refractivity contribution in [3.05, 3.63) is 35.4 Å². The Morgan fingerprint density at radius 2 is 1.90 bits per heavy atom. The first-order valence-electron chi connectivity index (χ1n) is 8.15. The van der Waals surface area contributed by atoms with Crippen LogP contribution in [-0.4, -0.2) is 26.8 Å². The van der Waals surface area contributed by atoms with Gasteiger partial charge in [0.25, 0.3) is 0 Å². The van der Waals surface area contributed by atoms with Gasteiger partial charge in [0.15, 0.2) is 0 Å². The van der Waals surface area contributed by atoms with Gasteiger partial charge < -0.3 is 10.1 Å². The fourth-order valence-corrected chi connectivity index (χ4v) is 3.63. The van der Waals surface area contributed by atoms with Crippen LogP contribution in [0.15, 0.2) is 24.3 Å². The molecule has 1 aromatic rings. The maximum Gasteiger partial charge on any atom is 0.0587 e. The van der Waals surface area contributed by atoms with Crippen molar-refractivity contribution in [3.63, 3.8) is 0 Å². The molecule has 0 aromatic heterocycles. The number of aryl methyl sites for hydroxylation is 1. The molecule has 21 heavy (non-hydrogen) atoms. The summed E-state index contributed by atoms with van der Waals surface area (Å²) in [5, 5.41) is 3.60. The van der Waals surface area contributed by atoms with Gasteiger partial charge in [-0.05, 0) is 42.2 Å². The first-order chi connectivity index (χ1) is 9.89. The van der Waals surface area contributed by atoms with E-state index in [-0.39, 0.29) is 0 Å². The Balaban J connectivity index is 2.12. The minimum absolute atomic E-state index is 0.316. The van der Waals surface area contributed by atoms with Crippen LogP contribution < -0.4 is 5.32 Å². The van der Waals surface area contributed by atoms with E-state index in [1.54, 1.807) is 7.11 Å². The van der Waals surface area contributed by atoms with Crippen LogP contribution in [0.3, 0.4) is 0 Å². The lowest BCUT2D eigenvalue weighted by molar-refractivity contribution is 0.0434. The highest BCUT2D eigenvalue weighted by atomic mass is 16.5. The molecule has 1 saturated carbocycles. The minimum atomic E-state index is 0.316. The Morgan fingerprint density at radius 3 is 2.48 bits per heavy atom. The number of rotatable bonds is 6. The predicted molar refractivity (Wildman–Crippen MR) is 89.8 cm³/mol. The number of ether oxygens (including phenoxy) is 1. The zero-order valence-electron chi connectivity index (χ0n) is 14.3. The number of hydrogen-bond donors (Lipinski definition) is 1. The van der Waals surface area contributed by atoms with E-state index < -0.39 is 0 Å². The Kier molecular flexibility index (Phi) is 5.11. The van der Waals surface area contributed by atoms with Crippen LogP contribution >= 0.6 is 0 Å². The van der Waals surface area contributed by atoms with Crippen LogP contribution in [0.4, 0.5) is 0 Å². The van der Waals surface area contributed by atoms with Gasteiger partial charge in [0.1, 0.15) is 0 Å². The highest BCUT2D eigenvalue weighted by Crippen LogP contribution is 2.54. The van der Waals surface area contributed by atoms with Gasteiger partial charge >= 0.3 is 0 Å². The van der Waals surface area contributed by atoms with Crippen molar-refractivity contribution in [2.45, 2.75) is 46.0 Å². The largest absolute Gasteiger partial charge is 0.383 e. The van der Waals surface area contributed by atoms with Gasteiger partial charge in [-0.3, -0.25) is 0 Å². The summed E-state index contributed by atoms with van der Waals surface area (Å²) in [7, 11) is 1.76. The maximum absolute atomic E-state index is 5.15. The van der Waals surface area contributed by atoms with Crippen LogP contribution in [0, 0.1) is 18.3 Å². The Bertz CT molecular complexity index is 455. The third-order valence-corrected chi connectivity index (χ3v) is 5.16. The van der Waals surface area contributed by atoms with Crippen molar-refractivity contribution >= 4 is 0 Å². The molecule has 1 N–H and O–H groups in total. The molecular weight excluding hydrogens is 258 g/mol. The van der Waals surface area contributed by atoms with Crippen molar-refractivity contribution < 1.29 is 4.74 Å². The SMILES string of the molecule is COCCNCC1(c2ccccc2C)CC(C(C)(C)C)C1. The molecule has 0 unspecified atom stereocenters. The van der Waals surface area contributed by atoms with Gasteiger partial charge in [-0.15, -0.1) is 0 Å². The van der Waals surface area contributed by atoms with E-state index in [0.717, 1.165) is 25.6 Å².